The molecule has 2 amide bonds. The number of hydrogen-bond acceptors (Lipinski definition) is 11. The van der Waals surface area contributed by atoms with E-state index in [2.05, 4.69) is 16.0 Å². The fraction of sp³-hybridized carbons (Fsp3) is 0.829. The number of unbranched alkanes of at least 4 members (excludes halogenated alkanes) is 4. The SMILES string of the molecule is CC.CC.CC(=O)CCCCCNC(=O)CCCCCNC(=O)CN1CCN(CC(=O)O)CCN(CC(=O)O)CCN(CC(=O)O)CC1.CNC. The molecule has 1 saturated heterocycles. The minimum absolute atomic E-state index is 0.000570. The average molecular weight is 734 g/mol. The highest BCUT2D eigenvalue weighted by molar-refractivity contribution is 5.78. The summed E-state index contributed by atoms with van der Waals surface area (Å²) in [5, 5.41) is 36.5. The lowest BCUT2D eigenvalue weighted by Crippen LogP contribution is -2.49. The second-order valence-corrected chi connectivity index (χ2v) is 11.8. The fourth-order valence-corrected chi connectivity index (χ4v) is 4.85. The maximum atomic E-state index is 12.7. The summed E-state index contributed by atoms with van der Waals surface area (Å²) in [6.45, 7) is 12.8. The Morgan fingerprint density at radius 1 is 0.471 bits per heavy atom. The number of Topliss-reactive ketones (excluding diaryl/α,β-unsaturated/α-hetero) is 1. The molecular weight excluding hydrogens is 662 g/mol. The molecule has 0 aromatic heterocycles. The largest absolute Gasteiger partial charge is 0.480 e. The first kappa shape index (κ1) is 52.2. The third kappa shape index (κ3) is 36.4. The molecule has 0 spiro atoms. The van der Waals surface area contributed by atoms with Crippen molar-refractivity contribution in [2.24, 2.45) is 0 Å². The van der Waals surface area contributed by atoms with Gasteiger partial charge >= 0.3 is 17.9 Å². The lowest BCUT2D eigenvalue weighted by atomic mass is 10.1. The molecule has 1 heterocycles. The third-order valence-corrected chi connectivity index (χ3v) is 7.30. The zero-order valence-corrected chi connectivity index (χ0v) is 32.6. The summed E-state index contributed by atoms with van der Waals surface area (Å²) in [6, 6.07) is 0. The molecule has 16 nitrogen and oxygen atoms in total. The number of nitrogens with one attached hydrogen (secondary N) is 3. The van der Waals surface area contributed by atoms with E-state index in [1.807, 2.05) is 46.7 Å². The number of nitrogens with zero attached hydrogens (tertiary/aromatic N) is 4. The van der Waals surface area contributed by atoms with Gasteiger partial charge in [-0.3, -0.25) is 43.6 Å². The van der Waals surface area contributed by atoms with Crippen LogP contribution in [-0.2, 0) is 28.8 Å². The molecule has 51 heavy (non-hydrogen) atoms. The molecule has 0 aromatic carbocycles. The Morgan fingerprint density at radius 2 is 0.765 bits per heavy atom. The van der Waals surface area contributed by atoms with Gasteiger partial charge in [0, 0.05) is 78.3 Å². The normalized spacial score (nSPS) is 14.7. The van der Waals surface area contributed by atoms with E-state index in [1.54, 1.807) is 21.6 Å². The fourth-order valence-electron chi connectivity index (χ4n) is 4.85. The minimum Gasteiger partial charge on any atom is -0.480 e. The van der Waals surface area contributed by atoms with Crippen LogP contribution in [0.1, 0.15) is 86.0 Å². The van der Waals surface area contributed by atoms with Gasteiger partial charge in [0.1, 0.15) is 5.78 Å². The van der Waals surface area contributed by atoms with Crippen molar-refractivity contribution in [2.75, 3.05) is 106 Å². The topological polar surface area (TPSA) is 212 Å². The molecule has 16 heteroatoms. The van der Waals surface area contributed by atoms with Crippen LogP contribution in [0.25, 0.3) is 0 Å². The van der Waals surface area contributed by atoms with Crippen LogP contribution in [0.3, 0.4) is 0 Å². The molecule has 1 fully saturated rings. The molecule has 300 valence electrons. The summed E-state index contributed by atoms with van der Waals surface area (Å²) in [4.78, 5) is 76.7. The van der Waals surface area contributed by atoms with Crippen LogP contribution in [-0.4, -0.2) is 176 Å². The zero-order valence-electron chi connectivity index (χ0n) is 32.6. The van der Waals surface area contributed by atoms with E-state index in [9.17, 15) is 44.1 Å². The predicted molar refractivity (Wildman–Crippen MR) is 200 cm³/mol. The number of hydrogen-bond donors (Lipinski definition) is 6. The Bertz CT molecular complexity index is 909. The Hall–Kier alpha value is -3.18. The minimum atomic E-state index is -1.01. The molecular formula is C35H71N7O9. The van der Waals surface area contributed by atoms with E-state index < -0.39 is 17.9 Å². The van der Waals surface area contributed by atoms with Crippen molar-refractivity contribution in [3.63, 3.8) is 0 Å². The number of carboxylic acid groups (broad SMARTS) is 3. The summed E-state index contributed by atoms with van der Waals surface area (Å²) >= 11 is 0. The summed E-state index contributed by atoms with van der Waals surface area (Å²) < 4.78 is 0. The molecule has 0 atom stereocenters. The number of ketones is 1. The van der Waals surface area contributed by atoms with Crippen LogP contribution >= 0.6 is 0 Å². The maximum absolute atomic E-state index is 12.7. The van der Waals surface area contributed by atoms with Crippen molar-refractivity contribution < 1.29 is 44.1 Å². The van der Waals surface area contributed by atoms with E-state index in [-0.39, 0.29) is 43.8 Å². The molecule has 0 aliphatic carbocycles. The van der Waals surface area contributed by atoms with E-state index in [4.69, 9.17) is 0 Å². The van der Waals surface area contributed by atoms with Gasteiger partial charge in [-0.05, 0) is 46.7 Å². The zero-order chi connectivity index (χ0) is 39.5. The van der Waals surface area contributed by atoms with Crippen LogP contribution in [0.5, 0.6) is 0 Å². The quantitative estimate of drug-likeness (QED) is 0.0975. The van der Waals surface area contributed by atoms with Crippen molar-refractivity contribution in [1.82, 2.24) is 35.6 Å². The van der Waals surface area contributed by atoms with Gasteiger partial charge in [-0.25, -0.2) is 0 Å². The number of carbonyl (C=O) groups excluding carboxylic acids is 3. The monoisotopic (exact) mass is 734 g/mol. The first-order chi connectivity index (χ1) is 24.4. The molecule has 1 aliphatic heterocycles. The van der Waals surface area contributed by atoms with Crippen molar-refractivity contribution in [3.05, 3.63) is 0 Å². The number of rotatable bonds is 20. The van der Waals surface area contributed by atoms with Gasteiger partial charge in [0.25, 0.3) is 0 Å². The van der Waals surface area contributed by atoms with E-state index >= 15 is 0 Å². The Balaban J connectivity index is -0.00000306. The molecule has 0 radical (unpaired) electrons. The van der Waals surface area contributed by atoms with Gasteiger partial charge in [-0.2, -0.15) is 0 Å². The maximum Gasteiger partial charge on any atom is 0.317 e. The number of carbonyl (C=O) groups is 6. The summed E-state index contributed by atoms with van der Waals surface area (Å²) in [5.41, 5.74) is 0. The number of aliphatic carboxylic acids is 3. The lowest BCUT2D eigenvalue weighted by molar-refractivity contribution is -0.140. The highest BCUT2D eigenvalue weighted by Gasteiger charge is 2.21. The van der Waals surface area contributed by atoms with Crippen molar-refractivity contribution in [2.45, 2.75) is 86.0 Å². The standard InChI is InChI=1S/C29H52N6O9.C2H7N.2C2H6/c1-24(36)8-4-2-6-10-30-25(37)9-5-3-7-11-31-26(38)20-32-12-14-33(21-27(39)40)16-18-35(23-29(43)44)19-17-34(15-13-32)22-28(41)42;1-3-2;2*1-2/h2-23H2,1H3,(H,30,37)(H,31,38)(H,39,40)(H,41,42)(H,43,44);3H,1-2H3;2*1-2H3. The van der Waals surface area contributed by atoms with Crippen LogP contribution in [0.4, 0.5) is 0 Å². The first-order valence-electron chi connectivity index (χ1n) is 18.5. The first-order valence-corrected chi connectivity index (χ1v) is 18.5. The van der Waals surface area contributed by atoms with Gasteiger partial charge in [0.05, 0.1) is 26.2 Å². The Labute approximate surface area is 306 Å². The van der Waals surface area contributed by atoms with E-state index in [0.29, 0.717) is 84.7 Å². The molecule has 0 bridgehead atoms. The van der Waals surface area contributed by atoms with Crippen LogP contribution in [0.2, 0.25) is 0 Å². The Morgan fingerprint density at radius 3 is 1.08 bits per heavy atom. The molecule has 0 saturated carbocycles. The number of amides is 2. The smallest absolute Gasteiger partial charge is 0.317 e. The van der Waals surface area contributed by atoms with Crippen LogP contribution in [0, 0.1) is 0 Å². The van der Waals surface area contributed by atoms with Gasteiger partial charge in [0.15, 0.2) is 0 Å². The third-order valence-electron chi connectivity index (χ3n) is 7.30. The van der Waals surface area contributed by atoms with Crippen LogP contribution < -0.4 is 16.0 Å². The second kappa shape index (κ2) is 36.6. The van der Waals surface area contributed by atoms with E-state index in [0.717, 1.165) is 32.1 Å². The van der Waals surface area contributed by atoms with Gasteiger partial charge in [-0.15, -0.1) is 0 Å². The van der Waals surface area contributed by atoms with Gasteiger partial charge < -0.3 is 36.1 Å². The van der Waals surface area contributed by atoms with Gasteiger partial charge in [-0.1, -0.05) is 40.5 Å². The molecule has 6 N–H and O–H groups in total. The van der Waals surface area contributed by atoms with Crippen molar-refractivity contribution >= 4 is 35.5 Å². The molecule has 1 aliphatic rings. The van der Waals surface area contributed by atoms with Crippen LogP contribution in [0.15, 0.2) is 0 Å². The number of carboxylic acids is 3. The molecule has 1 rings (SSSR count). The highest BCUT2D eigenvalue weighted by atomic mass is 16.4. The lowest BCUT2D eigenvalue weighted by Gasteiger charge is -2.32. The van der Waals surface area contributed by atoms with Crippen molar-refractivity contribution in [1.29, 1.82) is 0 Å². The summed E-state index contributed by atoms with van der Waals surface area (Å²) in [6.07, 6.45) is 5.81. The highest BCUT2D eigenvalue weighted by Crippen LogP contribution is 2.03. The second-order valence-electron chi connectivity index (χ2n) is 11.8. The Kier molecular flexibility index (Phi) is 37.5. The van der Waals surface area contributed by atoms with Gasteiger partial charge in [0.2, 0.25) is 11.8 Å². The van der Waals surface area contributed by atoms with Crippen molar-refractivity contribution in [3.8, 4) is 0 Å². The summed E-state index contributed by atoms with van der Waals surface area (Å²) in [5.74, 6) is -3.03. The molecule has 0 aromatic rings. The predicted octanol–water partition coefficient (Wildman–Crippen LogP) is 1.29. The average Bonchev–Trinajstić information content (AvgIpc) is 3.06. The molecule has 0 unspecified atom stereocenters. The summed E-state index contributed by atoms with van der Waals surface area (Å²) in [7, 11) is 3.75. The van der Waals surface area contributed by atoms with E-state index in [1.165, 1.54) is 0 Å².